The first-order valence-electron chi connectivity index (χ1n) is 6.89. The van der Waals surface area contributed by atoms with E-state index in [9.17, 15) is 4.79 Å². The number of carbonyl (C=O) groups is 1. The van der Waals surface area contributed by atoms with E-state index in [4.69, 9.17) is 10.2 Å². The molecule has 0 aromatic rings. The maximum absolute atomic E-state index is 10.3. The van der Waals surface area contributed by atoms with Gasteiger partial charge < -0.3 is 10.2 Å². The van der Waals surface area contributed by atoms with Crippen LogP contribution in [0.3, 0.4) is 0 Å². The zero-order valence-electron chi connectivity index (χ0n) is 11.3. The van der Waals surface area contributed by atoms with E-state index in [0.717, 1.165) is 24.6 Å². The van der Waals surface area contributed by atoms with E-state index in [1.54, 1.807) is 5.41 Å². The summed E-state index contributed by atoms with van der Waals surface area (Å²) in [6.07, 6.45) is 13.3. The minimum atomic E-state index is -1.33. The molecule has 0 aliphatic heterocycles. The monoisotopic (exact) mass is 274 g/mol. The number of aliphatic hydroxyl groups excluding tert-OH is 1. The maximum Gasteiger partial charge on any atom is 0.343 e. The third-order valence-corrected chi connectivity index (χ3v) is 3.55. The van der Waals surface area contributed by atoms with E-state index < -0.39 is 11.4 Å². The molecule has 0 aliphatic rings. The van der Waals surface area contributed by atoms with Gasteiger partial charge in [0.1, 0.15) is 0 Å². The Morgan fingerprint density at radius 2 is 1.67 bits per heavy atom. The standard InChI is InChI=1S/C14H26O3S/c1-2-3-4-5-6-7-8-9-10-11-12-18-14(17)13(15)16/h11-12,14,17H,2-10H2,1H3,(H,15,16). The highest BCUT2D eigenvalue weighted by Gasteiger charge is 2.10. The van der Waals surface area contributed by atoms with Crippen LogP contribution in [0.4, 0.5) is 0 Å². The first-order valence-corrected chi connectivity index (χ1v) is 7.84. The second-order valence-corrected chi connectivity index (χ2v) is 5.45. The number of aliphatic hydroxyl groups is 1. The van der Waals surface area contributed by atoms with E-state index in [1.807, 2.05) is 6.08 Å². The molecule has 106 valence electrons. The van der Waals surface area contributed by atoms with Crippen molar-refractivity contribution >= 4 is 17.7 Å². The predicted molar refractivity (Wildman–Crippen MR) is 77.6 cm³/mol. The average molecular weight is 274 g/mol. The molecule has 0 radical (unpaired) electrons. The van der Waals surface area contributed by atoms with Gasteiger partial charge in [-0.15, -0.1) is 0 Å². The molecule has 0 saturated heterocycles. The van der Waals surface area contributed by atoms with Gasteiger partial charge >= 0.3 is 5.97 Å². The quantitative estimate of drug-likeness (QED) is 0.414. The van der Waals surface area contributed by atoms with Gasteiger partial charge in [-0.3, -0.25) is 0 Å². The molecule has 0 aromatic carbocycles. The van der Waals surface area contributed by atoms with Gasteiger partial charge in [-0.05, 0) is 18.2 Å². The van der Waals surface area contributed by atoms with Crippen LogP contribution in [0.15, 0.2) is 11.5 Å². The van der Waals surface area contributed by atoms with Gasteiger partial charge in [0.2, 0.25) is 5.44 Å². The summed E-state index contributed by atoms with van der Waals surface area (Å²) in [4.78, 5) is 10.3. The van der Waals surface area contributed by atoms with Gasteiger partial charge in [-0.25, -0.2) is 4.79 Å². The molecular weight excluding hydrogens is 248 g/mol. The Kier molecular flexibility index (Phi) is 12.6. The lowest BCUT2D eigenvalue weighted by Crippen LogP contribution is -2.13. The number of unbranched alkanes of at least 4 members (excludes halogenated alkanes) is 8. The summed E-state index contributed by atoms with van der Waals surface area (Å²) in [5, 5.41) is 19.1. The number of hydrogen-bond donors (Lipinski definition) is 2. The lowest BCUT2D eigenvalue weighted by molar-refractivity contribution is -0.141. The van der Waals surface area contributed by atoms with Crippen molar-refractivity contribution in [2.75, 3.05) is 0 Å². The number of carboxylic acids is 1. The first kappa shape index (κ1) is 17.5. The van der Waals surface area contributed by atoms with Gasteiger partial charge in [0.15, 0.2) is 0 Å². The topological polar surface area (TPSA) is 57.5 Å². The van der Waals surface area contributed by atoms with Crippen molar-refractivity contribution in [1.82, 2.24) is 0 Å². The summed E-state index contributed by atoms with van der Waals surface area (Å²) in [7, 11) is 0. The Bertz CT molecular complexity index is 229. The summed E-state index contributed by atoms with van der Waals surface area (Å²) in [6, 6.07) is 0. The number of rotatable bonds is 12. The Balaban J connectivity index is 3.20. The summed E-state index contributed by atoms with van der Waals surface area (Å²) in [6.45, 7) is 2.23. The molecule has 0 amide bonds. The van der Waals surface area contributed by atoms with Crippen molar-refractivity contribution < 1.29 is 15.0 Å². The van der Waals surface area contributed by atoms with Crippen molar-refractivity contribution in [3.05, 3.63) is 11.5 Å². The molecule has 0 rings (SSSR count). The van der Waals surface area contributed by atoms with E-state index in [1.165, 1.54) is 44.9 Å². The minimum Gasteiger partial charge on any atom is -0.479 e. The molecule has 18 heavy (non-hydrogen) atoms. The molecular formula is C14H26O3S. The number of aliphatic carboxylic acids is 1. The molecule has 2 N–H and O–H groups in total. The number of allylic oxidation sites excluding steroid dienone is 1. The van der Waals surface area contributed by atoms with Crippen LogP contribution in [-0.2, 0) is 4.79 Å². The zero-order valence-corrected chi connectivity index (χ0v) is 12.1. The maximum atomic E-state index is 10.3. The smallest absolute Gasteiger partial charge is 0.343 e. The summed E-state index contributed by atoms with van der Waals surface area (Å²) in [5.41, 5.74) is -1.33. The summed E-state index contributed by atoms with van der Waals surface area (Å²) < 4.78 is 0. The molecule has 1 unspecified atom stereocenters. The van der Waals surface area contributed by atoms with E-state index >= 15 is 0 Å². The van der Waals surface area contributed by atoms with Crippen LogP contribution in [0.25, 0.3) is 0 Å². The third kappa shape index (κ3) is 12.0. The molecule has 0 saturated carbocycles. The Morgan fingerprint density at radius 3 is 2.22 bits per heavy atom. The lowest BCUT2D eigenvalue weighted by Gasteiger charge is -2.00. The predicted octanol–water partition coefficient (Wildman–Crippen LogP) is 4.17. The molecule has 1 atom stereocenters. The van der Waals surface area contributed by atoms with Crippen LogP contribution in [0.1, 0.15) is 64.7 Å². The fraction of sp³-hybridized carbons (Fsp3) is 0.786. The highest BCUT2D eigenvalue weighted by molar-refractivity contribution is 8.03. The highest BCUT2D eigenvalue weighted by Crippen LogP contribution is 2.12. The molecule has 0 bridgehead atoms. The van der Waals surface area contributed by atoms with Crippen LogP contribution >= 0.6 is 11.8 Å². The highest BCUT2D eigenvalue weighted by atomic mass is 32.2. The Morgan fingerprint density at radius 1 is 1.11 bits per heavy atom. The van der Waals surface area contributed by atoms with Crippen molar-refractivity contribution in [3.8, 4) is 0 Å². The van der Waals surface area contributed by atoms with Gasteiger partial charge in [-0.1, -0.05) is 69.7 Å². The van der Waals surface area contributed by atoms with Gasteiger partial charge in [0, 0.05) is 0 Å². The second-order valence-electron chi connectivity index (χ2n) is 4.46. The molecule has 0 fully saturated rings. The molecule has 4 heteroatoms. The van der Waals surface area contributed by atoms with Gasteiger partial charge in [0.05, 0.1) is 0 Å². The summed E-state index contributed by atoms with van der Waals surface area (Å²) in [5.74, 6) is -1.18. The normalized spacial score (nSPS) is 13.0. The lowest BCUT2D eigenvalue weighted by atomic mass is 10.1. The Hall–Kier alpha value is -0.480. The van der Waals surface area contributed by atoms with E-state index in [2.05, 4.69) is 6.92 Å². The molecule has 3 nitrogen and oxygen atoms in total. The zero-order chi connectivity index (χ0) is 13.6. The largest absolute Gasteiger partial charge is 0.479 e. The van der Waals surface area contributed by atoms with Crippen molar-refractivity contribution in [2.45, 2.75) is 70.1 Å². The first-order chi connectivity index (χ1) is 8.68. The number of hydrogen-bond acceptors (Lipinski definition) is 3. The number of carboxylic acid groups (broad SMARTS) is 1. The van der Waals surface area contributed by atoms with Crippen LogP contribution < -0.4 is 0 Å². The number of thioether (sulfide) groups is 1. The second kappa shape index (κ2) is 13.0. The van der Waals surface area contributed by atoms with Gasteiger partial charge in [-0.2, -0.15) is 0 Å². The molecule has 0 heterocycles. The van der Waals surface area contributed by atoms with Crippen molar-refractivity contribution in [1.29, 1.82) is 0 Å². The van der Waals surface area contributed by atoms with Crippen molar-refractivity contribution in [2.24, 2.45) is 0 Å². The minimum absolute atomic E-state index is 0.937. The van der Waals surface area contributed by atoms with E-state index in [0.29, 0.717) is 0 Å². The summed E-state index contributed by atoms with van der Waals surface area (Å²) >= 11 is 0.937. The SMILES string of the molecule is CCCCCCCCCCC=CSC(O)C(=O)O. The fourth-order valence-electron chi connectivity index (χ4n) is 1.65. The molecule has 0 aliphatic carbocycles. The van der Waals surface area contributed by atoms with Crippen LogP contribution in [0.2, 0.25) is 0 Å². The van der Waals surface area contributed by atoms with Gasteiger partial charge in [0.25, 0.3) is 0 Å². The van der Waals surface area contributed by atoms with Crippen LogP contribution in [0.5, 0.6) is 0 Å². The van der Waals surface area contributed by atoms with E-state index in [-0.39, 0.29) is 0 Å². The Labute approximate surface area is 115 Å². The fourth-order valence-corrected chi connectivity index (χ4v) is 2.16. The molecule has 0 spiro atoms. The molecule has 0 aromatic heterocycles. The third-order valence-electron chi connectivity index (χ3n) is 2.74. The van der Waals surface area contributed by atoms with Crippen LogP contribution in [0, 0.1) is 0 Å². The van der Waals surface area contributed by atoms with Crippen molar-refractivity contribution in [3.63, 3.8) is 0 Å². The van der Waals surface area contributed by atoms with Crippen LogP contribution in [-0.4, -0.2) is 21.6 Å². The average Bonchev–Trinajstić information content (AvgIpc) is 2.35.